The van der Waals surface area contributed by atoms with Gasteiger partial charge in [0.05, 0.1) is 14.2 Å². The van der Waals surface area contributed by atoms with Gasteiger partial charge in [-0.3, -0.25) is 4.79 Å². The fourth-order valence-electron chi connectivity index (χ4n) is 4.29. The minimum atomic E-state index is -0.411. The number of ether oxygens (including phenoxy) is 2. The van der Waals surface area contributed by atoms with Gasteiger partial charge in [0.2, 0.25) is 5.95 Å². The van der Waals surface area contributed by atoms with E-state index in [-0.39, 0.29) is 11.7 Å². The molecule has 0 bridgehead atoms. The zero-order chi connectivity index (χ0) is 20.0. The Balaban J connectivity index is 1.66. The first kappa shape index (κ1) is 17.9. The van der Waals surface area contributed by atoms with Crippen molar-refractivity contribution in [3.05, 3.63) is 63.7 Å². The Labute approximate surface area is 172 Å². The molecule has 5 rings (SSSR count). The summed E-state index contributed by atoms with van der Waals surface area (Å²) in [6.07, 6.45) is 2.74. The molecule has 1 N–H and O–H groups in total. The third kappa shape index (κ3) is 2.82. The standard InChI is InChI=1S/C21H20N4O3S/c1-27-16-6-3-5-13(20(16)28-2)19-18-14(24-21-22-11-23-25(19)21)9-12(10-15(18)26)17-7-4-8-29-17/h3-8,11-12,19H,9-10H2,1-2H3,(H,22,23,24)/t12-,19+/m1/s1. The lowest BCUT2D eigenvalue weighted by molar-refractivity contribution is -0.116. The van der Waals surface area contributed by atoms with Crippen LogP contribution in [0, 0.1) is 0 Å². The number of ketones is 1. The van der Waals surface area contributed by atoms with Crippen LogP contribution in [0.5, 0.6) is 11.5 Å². The molecule has 3 heterocycles. The summed E-state index contributed by atoms with van der Waals surface area (Å²) in [5.74, 6) is 2.14. The number of thiophene rings is 1. The van der Waals surface area contributed by atoms with E-state index in [0.717, 1.165) is 23.3 Å². The molecule has 1 aromatic carbocycles. The number of aromatic nitrogens is 3. The highest BCUT2D eigenvalue weighted by Crippen LogP contribution is 2.47. The topological polar surface area (TPSA) is 78.3 Å². The Kier molecular flexibility index (Phi) is 4.35. The molecule has 0 unspecified atom stereocenters. The first-order valence-corrected chi connectivity index (χ1v) is 10.3. The van der Waals surface area contributed by atoms with Gasteiger partial charge in [-0.05, 0) is 23.9 Å². The molecule has 0 amide bonds. The molecule has 3 aromatic rings. The molecule has 1 aliphatic heterocycles. The number of anilines is 1. The molecule has 8 heteroatoms. The van der Waals surface area contributed by atoms with Crippen LogP contribution >= 0.6 is 11.3 Å². The molecule has 2 aromatic heterocycles. The number of hydrogen-bond acceptors (Lipinski definition) is 7. The number of rotatable bonds is 4. The lowest BCUT2D eigenvalue weighted by Gasteiger charge is -2.35. The van der Waals surface area contributed by atoms with Gasteiger partial charge in [-0.1, -0.05) is 18.2 Å². The maximum Gasteiger partial charge on any atom is 0.226 e. The highest BCUT2D eigenvalue weighted by Gasteiger charge is 2.40. The number of nitrogens with zero attached hydrogens (tertiary/aromatic N) is 3. The summed E-state index contributed by atoms with van der Waals surface area (Å²) in [6.45, 7) is 0. The van der Waals surface area contributed by atoms with Crippen molar-refractivity contribution >= 4 is 23.1 Å². The first-order valence-electron chi connectivity index (χ1n) is 9.38. The van der Waals surface area contributed by atoms with Gasteiger partial charge >= 0.3 is 0 Å². The number of hydrogen-bond donors (Lipinski definition) is 1. The van der Waals surface area contributed by atoms with Gasteiger partial charge in [-0.2, -0.15) is 10.1 Å². The highest BCUT2D eigenvalue weighted by molar-refractivity contribution is 7.10. The molecule has 0 saturated heterocycles. The molecule has 0 radical (unpaired) electrons. The molecule has 0 fully saturated rings. The molecule has 29 heavy (non-hydrogen) atoms. The summed E-state index contributed by atoms with van der Waals surface area (Å²) in [5, 5.41) is 9.80. The van der Waals surface area contributed by atoms with Crippen LogP contribution in [0.1, 0.15) is 35.2 Å². The van der Waals surface area contributed by atoms with E-state index in [1.165, 1.54) is 11.2 Å². The van der Waals surface area contributed by atoms with Crippen molar-refractivity contribution in [1.82, 2.24) is 14.8 Å². The van der Waals surface area contributed by atoms with Crippen LogP contribution < -0.4 is 14.8 Å². The van der Waals surface area contributed by atoms with Crippen LogP contribution in [0.3, 0.4) is 0 Å². The van der Waals surface area contributed by atoms with E-state index in [1.54, 1.807) is 30.2 Å². The van der Waals surface area contributed by atoms with E-state index < -0.39 is 6.04 Å². The van der Waals surface area contributed by atoms with Crippen molar-refractivity contribution in [2.45, 2.75) is 24.8 Å². The number of methoxy groups -OCH3 is 2. The molecule has 0 saturated carbocycles. The van der Waals surface area contributed by atoms with Crippen LogP contribution in [0.4, 0.5) is 5.95 Å². The van der Waals surface area contributed by atoms with E-state index in [1.807, 2.05) is 24.3 Å². The number of allylic oxidation sites excluding steroid dienone is 2. The Hall–Kier alpha value is -3.13. The number of benzene rings is 1. The van der Waals surface area contributed by atoms with Gasteiger partial charge in [-0.15, -0.1) is 11.3 Å². The minimum Gasteiger partial charge on any atom is -0.493 e. The second kappa shape index (κ2) is 7.04. The van der Waals surface area contributed by atoms with Crippen molar-refractivity contribution in [3.63, 3.8) is 0 Å². The van der Waals surface area contributed by atoms with Gasteiger partial charge in [0.25, 0.3) is 0 Å². The zero-order valence-corrected chi connectivity index (χ0v) is 16.9. The van der Waals surface area contributed by atoms with E-state index in [9.17, 15) is 4.79 Å². The van der Waals surface area contributed by atoms with E-state index in [2.05, 4.69) is 26.8 Å². The second-order valence-corrected chi connectivity index (χ2v) is 8.05. The number of Topliss-reactive ketones (excluding diaryl/α,β-unsaturated/α-hetero) is 1. The third-order valence-electron chi connectivity index (χ3n) is 5.54. The number of carbonyl (C=O) groups is 1. The van der Waals surface area contributed by atoms with Gasteiger partial charge in [0.15, 0.2) is 17.3 Å². The Bertz CT molecular complexity index is 1100. The van der Waals surface area contributed by atoms with Gasteiger partial charge in [-0.25, -0.2) is 4.68 Å². The fraction of sp³-hybridized carbons (Fsp3) is 0.286. The van der Waals surface area contributed by atoms with Gasteiger partial charge in [0.1, 0.15) is 12.4 Å². The molecule has 148 valence electrons. The van der Waals surface area contributed by atoms with E-state index >= 15 is 0 Å². The molecule has 7 nitrogen and oxygen atoms in total. The Morgan fingerprint density at radius 2 is 2.07 bits per heavy atom. The van der Waals surface area contributed by atoms with Crippen molar-refractivity contribution < 1.29 is 14.3 Å². The monoisotopic (exact) mass is 408 g/mol. The van der Waals surface area contributed by atoms with Crippen molar-refractivity contribution in [1.29, 1.82) is 0 Å². The van der Waals surface area contributed by atoms with Crippen molar-refractivity contribution in [2.75, 3.05) is 19.5 Å². The SMILES string of the molecule is COc1cccc([C@H]2C3=C(C[C@@H](c4cccs4)CC3=O)Nc3ncnn32)c1OC. The third-order valence-corrected chi connectivity index (χ3v) is 6.57. The summed E-state index contributed by atoms with van der Waals surface area (Å²) >= 11 is 1.69. The van der Waals surface area contributed by atoms with Gasteiger partial charge < -0.3 is 14.8 Å². The molecule has 0 spiro atoms. The first-order chi connectivity index (χ1) is 14.2. The summed E-state index contributed by atoms with van der Waals surface area (Å²) < 4.78 is 12.9. The average molecular weight is 408 g/mol. The van der Waals surface area contributed by atoms with Crippen molar-refractivity contribution in [2.24, 2.45) is 0 Å². The van der Waals surface area contributed by atoms with Crippen molar-refractivity contribution in [3.8, 4) is 11.5 Å². The maximum atomic E-state index is 13.4. The predicted molar refractivity (Wildman–Crippen MR) is 110 cm³/mol. The molecular formula is C21H20N4O3S. The predicted octanol–water partition coefficient (Wildman–Crippen LogP) is 3.77. The lowest BCUT2D eigenvalue weighted by Crippen LogP contribution is -2.33. The van der Waals surface area contributed by atoms with Crippen LogP contribution in [0.25, 0.3) is 0 Å². The molecular weight excluding hydrogens is 388 g/mol. The van der Waals surface area contributed by atoms with Crippen LogP contribution in [-0.4, -0.2) is 34.8 Å². The maximum absolute atomic E-state index is 13.4. The summed E-state index contributed by atoms with van der Waals surface area (Å²) in [7, 11) is 3.21. The van der Waals surface area contributed by atoms with Gasteiger partial charge in [0, 0.05) is 34.0 Å². The average Bonchev–Trinajstić information content (AvgIpc) is 3.43. The zero-order valence-electron chi connectivity index (χ0n) is 16.1. The molecule has 2 atom stereocenters. The highest BCUT2D eigenvalue weighted by atomic mass is 32.1. The summed E-state index contributed by atoms with van der Waals surface area (Å²) in [6, 6.07) is 9.41. The van der Waals surface area contributed by atoms with E-state index in [4.69, 9.17) is 9.47 Å². The number of para-hydroxylation sites is 1. The number of carbonyl (C=O) groups excluding carboxylic acids is 1. The lowest BCUT2D eigenvalue weighted by atomic mass is 9.80. The summed E-state index contributed by atoms with van der Waals surface area (Å²) in [5.41, 5.74) is 2.47. The van der Waals surface area contributed by atoms with Crippen LogP contribution in [-0.2, 0) is 4.79 Å². The van der Waals surface area contributed by atoms with Crippen LogP contribution in [0.15, 0.2) is 53.3 Å². The quantitative estimate of drug-likeness (QED) is 0.708. The fourth-order valence-corrected chi connectivity index (χ4v) is 5.12. The second-order valence-electron chi connectivity index (χ2n) is 7.07. The normalized spacial score (nSPS) is 20.7. The largest absolute Gasteiger partial charge is 0.493 e. The smallest absolute Gasteiger partial charge is 0.226 e. The van der Waals surface area contributed by atoms with Crippen LogP contribution in [0.2, 0.25) is 0 Å². The van der Waals surface area contributed by atoms with E-state index in [0.29, 0.717) is 23.9 Å². The number of nitrogens with one attached hydrogen (secondary N) is 1. The summed E-state index contributed by atoms with van der Waals surface area (Å²) in [4.78, 5) is 19.0. The molecule has 2 aliphatic rings. The Morgan fingerprint density at radius 3 is 2.83 bits per heavy atom. The number of fused-ring (bicyclic) bond motifs is 1. The minimum absolute atomic E-state index is 0.119. The Morgan fingerprint density at radius 1 is 1.17 bits per heavy atom. The molecule has 1 aliphatic carbocycles.